The maximum atomic E-state index is 11.4. The zero-order chi connectivity index (χ0) is 14.2. The molecule has 1 amide bonds. The van der Waals surface area contributed by atoms with E-state index in [4.69, 9.17) is 4.74 Å². The maximum absolute atomic E-state index is 11.4. The SMILES string of the molecule is Cc1ncc(C=CCNC(=O)OCc2ccccc2)[nH]1. The molecule has 1 heterocycles. The largest absolute Gasteiger partial charge is 0.445 e. The number of nitrogens with zero attached hydrogens (tertiary/aromatic N) is 1. The molecular weight excluding hydrogens is 254 g/mol. The summed E-state index contributed by atoms with van der Waals surface area (Å²) in [5.41, 5.74) is 1.87. The lowest BCUT2D eigenvalue weighted by molar-refractivity contribution is 0.141. The summed E-state index contributed by atoms with van der Waals surface area (Å²) >= 11 is 0. The molecule has 0 aliphatic carbocycles. The van der Waals surface area contributed by atoms with E-state index in [1.54, 1.807) is 6.20 Å². The van der Waals surface area contributed by atoms with Crippen molar-refractivity contribution in [3.05, 3.63) is 59.7 Å². The lowest BCUT2D eigenvalue weighted by Crippen LogP contribution is -2.24. The van der Waals surface area contributed by atoms with E-state index in [9.17, 15) is 4.79 Å². The van der Waals surface area contributed by atoms with E-state index in [1.165, 1.54) is 0 Å². The van der Waals surface area contributed by atoms with E-state index in [-0.39, 0.29) is 6.61 Å². The van der Waals surface area contributed by atoms with Gasteiger partial charge in [0.15, 0.2) is 0 Å². The number of nitrogens with one attached hydrogen (secondary N) is 2. The van der Waals surface area contributed by atoms with E-state index >= 15 is 0 Å². The number of rotatable bonds is 5. The van der Waals surface area contributed by atoms with Crippen LogP contribution >= 0.6 is 0 Å². The molecule has 0 spiro atoms. The van der Waals surface area contributed by atoms with Crippen LogP contribution in [0.2, 0.25) is 0 Å². The zero-order valence-electron chi connectivity index (χ0n) is 11.3. The second-order valence-electron chi connectivity index (χ2n) is 4.27. The third-order valence-electron chi connectivity index (χ3n) is 2.60. The summed E-state index contributed by atoms with van der Waals surface area (Å²) in [6, 6.07) is 9.56. The molecule has 0 saturated carbocycles. The Morgan fingerprint density at radius 2 is 2.20 bits per heavy atom. The van der Waals surface area contributed by atoms with Crippen molar-refractivity contribution in [2.45, 2.75) is 13.5 Å². The van der Waals surface area contributed by atoms with Gasteiger partial charge in [-0.15, -0.1) is 0 Å². The van der Waals surface area contributed by atoms with Crippen LogP contribution < -0.4 is 5.32 Å². The minimum absolute atomic E-state index is 0.274. The number of carbonyl (C=O) groups is 1. The number of hydrogen-bond acceptors (Lipinski definition) is 3. The van der Waals surface area contributed by atoms with Crippen molar-refractivity contribution in [3.8, 4) is 0 Å². The van der Waals surface area contributed by atoms with Crippen molar-refractivity contribution in [1.29, 1.82) is 0 Å². The monoisotopic (exact) mass is 271 g/mol. The van der Waals surface area contributed by atoms with E-state index < -0.39 is 6.09 Å². The highest BCUT2D eigenvalue weighted by molar-refractivity contribution is 5.67. The number of ether oxygens (including phenoxy) is 1. The lowest BCUT2D eigenvalue weighted by atomic mass is 10.2. The fraction of sp³-hybridized carbons (Fsp3) is 0.200. The Morgan fingerprint density at radius 1 is 1.40 bits per heavy atom. The van der Waals surface area contributed by atoms with Gasteiger partial charge in [-0.2, -0.15) is 0 Å². The molecule has 1 aromatic carbocycles. The number of amides is 1. The normalized spacial score (nSPS) is 10.7. The molecule has 2 rings (SSSR count). The predicted molar refractivity (Wildman–Crippen MR) is 77.0 cm³/mol. The van der Waals surface area contributed by atoms with Crippen molar-refractivity contribution in [2.24, 2.45) is 0 Å². The molecule has 0 radical (unpaired) electrons. The van der Waals surface area contributed by atoms with Crippen LogP contribution in [0, 0.1) is 6.92 Å². The number of hydrogen-bond donors (Lipinski definition) is 2. The average Bonchev–Trinajstić information content (AvgIpc) is 2.88. The van der Waals surface area contributed by atoms with Crippen molar-refractivity contribution >= 4 is 12.2 Å². The van der Waals surface area contributed by atoms with Gasteiger partial charge in [-0.3, -0.25) is 0 Å². The third kappa shape index (κ3) is 4.61. The van der Waals surface area contributed by atoms with Crippen LogP contribution in [0.1, 0.15) is 17.1 Å². The first kappa shape index (κ1) is 13.9. The van der Waals surface area contributed by atoms with E-state index in [0.717, 1.165) is 17.1 Å². The van der Waals surface area contributed by atoms with Crippen molar-refractivity contribution in [1.82, 2.24) is 15.3 Å². The molecule has 1 aromatic heterocycles. The standard InChI is InChI=1S/C15H17N3O2/c1-12-17-10-14(18-12)8-5-9-16-15(19)20-11-13-6-3-2-4-7-13/h2-8,10H,9,11H2,1H3,(H,16,19)(H,17,18). The van der Waals surface area contributed by atoms with Gasteiger partial charge in [0.05, 0.1) is 11.9 Å². The number of aromatic amines is 1. The van der Waals surface area contributed by atoms with Gasteiger partial charge in [-0.25, -0.2) is 9.78 Å². The van der Waals surface area contributed by atoms with E-state index in [2.05, 4.69) is 15.3 Å². The van der Waals surface area contributed by atoms with Gasteiger partial charge in [0.1, 0.15) is 12.4 Å². The van der Waals surface area contributed by atoms with Crippen LogP contribution in [0.4, 0.5) is 4.79 Å². The first-order valence-electron chi connectivity index (χ1n) is 6.37. The first-order chi connectivity index (χ1) is 9.74. The van der Waals surface area contributed by atoms with E-state index in [0.29, 0.717) is 6.54 Å². The maximum Gasteiger partial charge on any atom is 0.407 e. The second-order valence-corrected chi connectivity index (χ2v) is 4.27. The van der Waals surface area contributed by atoms with Crippen LogP contribution in [0.5, 0.6) is 0 Å². The molecule has 0 saturated heterocycles. The minimum atomic E-state index is -0.431. The van der Waals surface area contributed by atoms with Crippen molar-refractivity contribution in [3.63, 3.8) is 0 Å². The number of alkyl carbamates (subject to hydrolysis) is 1. The summed E-state index contributed by atoms with van der Waals surface area (Å²) in [6.07, 6.45) is 4.99. The highest BCUT2D eigenvalue weighted by atomic mass is 16.5. The van der Waals surface area contributed by atoms with Crippen LogP contribution in [-0.4, -0.2) is 22.6 Å². The van der Waals surface area contributed by atoms with Gasteiger partial charge in [0.25, 0.3) is 0 Å². The van der Waals surface area contributed by atoms with Gasteiger partial charge >= 0.3 is 6.09 Å². The van der Waals surface area contributed by atoms with Gasteiger partial charge in [-0.1, -0.05) is 36.4 Å². The topological polar surface area (TPSA) is 67.0 Å². The first-order valence-corrected chi connectivity index (χ1v) is 6.37. The van der Waals surface area contributed by atoms with Gasteiger partial charge in [-0.05, 0) is 18.6 Å². The number of benzene rings is 1. The molecule has 0 bridgehead atoms. The Bertz CT molecular complexity index is 576. The summed E-state index contributed by atoms with van der Waals surface area (Å²) in [5, 5.41) is 2.65. The van der Waals surface area contributed by atoms with E-state index in [1.807, 2.05) is 49.4 Å². The molecule has 20 heavy (non-hydrogen) atoms. The Kier molecular flexibility index (Phi) is 4.94. The van der Waals surface area contributed by atoms with Gasteiger partial charge < -0.3 is 15.0 Å². The smallest absolute Gasteiger partial charge is 0.407 e. The number of H-pyrrole nitrogens is 1. The molecular formula is C15H17N3O2. The quantitative estimate of drug-likeness (QED) is 0.878. The molecule has 104 valence electrons. The third-order valence-corrected chi connectivity index (χ3v) is 2.60. The Morgan fingerprint density at radius 3 is 2.90 bits per heavy atom. The number of aryl methyl sites for hydroxylation is 1. The van der Waals surface area contributed by atoms with Crippen molar-refractivity contribution in [2.75, 3.05) is 6.54 Å². The molecule has 0 fully saturated rings. The Hall–Kier alpha value is -2.56. The molecule has 2 N–H and O–H groups in total. The fourth-order valence-electron chi connectivity index (χ4n) is 1.63. The molecule has 5 heteroatoms. The molecule has 2 aromatic rings. The second kappa shape index (κ2) is 7.13. The molecule has 0 atom stereocenters. The average molecular weight is 271 g/mol. The minimum Gasteiger partial charge on any atom is -0.445 e. The fourth-order valence-corrected chi connectivity index (χ4v) is 1.63. The Balaban J connectivity index is 1.66. The van der Waals surface area contributed by atoms with Gasteiger partial charge in [0, 0.05) is 6.54 Å². The molecule has 5 nitrogen and oxygen atoms in total. The molecule has 0 aliphatic heterocycles. The van der Waals surface area contributed by atoms with Gasteiger partial charge in [0.2, 0.25) is 0 Å². The predicted octanol–water partition coefficient (Wildman–Crippen LogP) is 2.66. The number of aromatic nitrogens is 2. The van der Waals surface area contributed by atoms with Crippen LogP contribution in [0.3, 0.4) is 0 Å². The van der Waals surface area contributed by atoms with Crippen LogP contribution in [0.25, 0.3) is 6.08 Å². The summed E-state index contributed by atoms with van der Waals surface area (Å²) in [5.74, 6) is 0.861. The highest BCUT2D eigenvalue weighted by Crippen LogP contribution is 2.00. The molecule has 0 aliphatic rings. The van der Waals surface area contributed by atoms with Crippen LogP contribution in [-0.2, 0) is 11.3 Å². The zero-order valence-corrected chi connectivity index (χ0v) is 11.3. The summed E-state index contributed by atoms with van der Waals surface area (Å²) in [7, 11) is 0. The lowest BCUT2D eigenvalue weighted by Gasteiger charge is -2.04. The number of carbonyl (C=O) groups excluding carboxylic acids is 1. The highest BCUT2D eigenvalue weighted by Gasteiger charge is 2.00. The molecule has 0 unspecified atom stereocenters. The number of imidazole rings is 1. The Labute approximate surface area is 117 Å². The summed E-state index contributed by atoms with van der Waals surface area (Å²) in [4.78, 5) is 18.6. The summed E-state index contributed by atoms with van der Waals surface area (Å²) < 4.78 is 5.08. The summed E-state index contributed by atoms with van der Waals surface area (Å²) in [6.45, 7) is 2.57. The van der Waals surface area contributed by atoms with Crippen LogP contribution in [0.15, 0.2) is 42.6 Å². The van der Waals surface area contributed by atoms with Crippen molar-refractivity contribution < 1.29 is 9.53 Å².